The van der Waals surface area contributed by atoms with Crippen molar-refractivity contribution in [1.82, 2.24) is 4.90 Å². The van der Waals surface area contributed by atoms with Crippen molar-refractivity contribution in [3.05, 3.63) is 48.0 Å². The Morgan fingerprint density at radius 1 is 1.11 bits per heavy atom. The van der Waals surface area contributed by atoms with Gasteiger partial charge in [-0.2, -0.15) is 0 Å². The molecule has 28 heavy (non-hydrogen) atoms. The Morgan fingerprint density at radius 3 is 2.25 bits per heavy atom. The third-order valence-corrected chi connectivity index (χ3v) is 4.16. The molecule has 5 heteroatoms. The van der Waals surface area contributed by atoms with Crippen molar-refractivity contribution in [2.24, 2.45) is 0 Å². The quantitative estimate of drug-likeness (QED) is 0.521. The molecule has 0 aliphatic heterocycles. The maximum Gasteiger partial charge on any atom is 0.313 e. The number of ether oxygens (including phenoxy) is 2. The predicted molar refractivity (Wildman–Crippen MR) is 113 cm³/mol. The highest BCUT2D eigenvalue weighted by Gasteiger charge is 2.21. The van der Waals surface area contributed by atoms with Crippen molar-refractivity contribution < 1.29 is 19.1 Å². The van der Waals surface area contributed by atoms with Crippen LogP contribution in [-0.4, -0.2) is 50.7 Å². The van der Waals surface area contributed by atoms with E-state index in [1.54, 1.807) is 0 Å². The Bertz CT molecular complexity index is 750. The van der Waals surface area contributed by atoms with E-state index in [0.29, 0.717) is 6.47 Å². The summed E-state index contributed by atoms with van der Waals surface area (Å²) in [5, 5.41) is 2.36. The fraction of sp³-hybridized carbons (Fsp3) is 0.478. The molecule has 0 heterocycles. The zero-order chi connectivity index (χ0) is 21.2. The Labute approximate surface area is 168 Å². The second-order valence-corrected chi connectivity index (χ2v) is 7.95. The number of carbonyl (C=O) groups is 2. The van der Waals surface area contributed by atoms with Crippen molar-refractivity contribution in [3.63, 3.8) is 0 Å². The van der Waals surface area contributed by atoms with Gasteiger partial charge in [0, 0.05) is 0 Å². The van der Waals surface area contributed by atoms with E-state index in [4.69, 9.17) is 4.74 Å². The molecule has 154 valence electrons. The van der Waals surface area contributed by atoms with Crippen LogP contribution in [0, 0.1) is 0 Å². The third kappa shape index (κ3) is 8.53. The number of hydrogen-bond donors (Lipinski definition) is 0. The summed E-state index contributed by atoms with van der Waals surface area (Å²) in [4.78, 5) is 23.8. The highest BCUT2D eigenvalue weighted by Crippen LogP contribution is 2.26. The molecule has 1 atom stereocenters. The number of nitrogens with zero attached hydrogens (tertiary/aromatic N) is 1. The number of rotatable bonds is 7. The van der Waals surface area contributed by atoms with Crippen molar-refractivity contribution in [2.75, 3.05) is 27.7 Å². The van der Waals surface area contributed by atoms with E-state index in [9.17, 15) is 9.59 Å². The van der Waals surface area contributed by atoms with Gasteiger partial charge in [-0.15, -0.1) is 0 Å². The van der Waals surface area contributed by atoms with E-state index < -0.39 is 0 Å². The minimum atomic E-state index is -0.318. The minimum absolute atomic E-state index is 0.149. The van der Waals surface area contributed by atoms with E-state index in [2.05, 4.69) is 33.9 Å². The molecule has 0 aromatic heterocycles. The summed E-state index contributed by atoms with van der Waals surface area (Å²) in [6.45, 7) is 6.89. The molecule has 0 aliphatic rings. The van der Waals surface area contributed by atoms with Crippen LogP contribution in [0.4, 0.5) is 0 Å². The first kappa shape index (κ1) is 23.6. The fourth-order valence-electron chi connectivity index (χ4n) is 2.74. The first-order chi connectivity index (χ1) is 13.2. The van der Waals surface area contributed by atoms with Gasteiger partial charge < -0.3 is 14.4 Å². The maximum absolute atomic E-state index is 12.1. The van der Waals surface area contributed by atoms with Gasteiger partial charge >= 0.3 is 5.97 Å². The molecule has 0 aliphatic carbocycles. The summed E-state index contributed by atoms with van der Waals surface area (Å²) in [6.07, 6.45) is 1.78. The lowest BCUT2D eigenvalue weighted by Crippen LogP contribution is -2.18. The van der Waals surface area contributed by atoms with Gasteiger partial charge in [0.2, 0.25) is 0 Å². The molecule has 2 aromatic rings. The highest BCUT2D eigenvalue weighted by molar-refractivity contribution is 5.85. The van der Waals surface area contributed by atoms with Crippen LogP contribution in [0.15, 0.2) is 42.5 Å². The standard InChI is InChI=1S/C18H23NO2.C5H10O2/c1-19(2)12-6-9-17(18(20)21-3)16-11-10-14-7-4-5-8-15(14)13-16;1-5(2,3)7-4-6/h4-5,7-8,10-11,13,17H,6,9,12H2,1-3H3;4H,1-3H3. The highest BCUT2D eigenvalue weighted by atomic mass is 16.5. The fourth-order valence-corrected chi connectivity index (χ4v) is 2.74. The van der Waals surface area contributed by atoms with Crippen LogP contribution >= 0.6 is 0 Å². The molecule has 0 amide bonds. The molecule has 5 nitrogen and oxygen atoms in total. The summed E-state index contributed by atoms with van der Waals surface area (Å²) in [7, 11) is 5.55. The molecular weight excluding hydrogens is 354 g/mol. The van der Waals surface area contributed by atoms with Gasteiger partial charge in [-0.1, -0.05) is 42.5 Å². The monoisotopic (exact) mass is 387 g/mol. The second kappa shape index (κ2) is 11.4. The number of esters is 1. The van der Waals surface area contributed by atoms with Gasteiger partial charge in [0.05, 0.1) is 13.0 Å². The Morgan fingerprint density at radius 2 is 1.75 bits per heavy atom. The van der Waals surface area contributed by atoms with E-state index in [0.717, 1.165) is 30.3 Å². The van der Waals surface area contributed by atoms with Crippen LogP contribution < -0.4 is 0 Å². The molecule has 0 radical (unpaired) electrons. The molecule has 0 saturated carbocycles. The first-order valence-electron chi connectivity index (χ1n) is 9.50. The average Bonchev–Trinajstić information content (AvgIpc) is 2.63. The van der Waals surface area contributed by atoms with Crippen LogP contribution in [0.25, 0.3) is 10.8 Å². The molecule has 1 unspecified atom stereocenters. The van der Waals surface area contributed by atoms with Gasteiger partial charge in [-0.05, 0) is 70.6 Å². The van der Waals surface area contributed by atoms with Gasteiger partial charge in [0.25, 0.3) is 6.47 Å². The zero-order valence-corrected chi connectivity index (χ0v) is 17.9. The Balaban J connectivity index is 0.000000480. The van der Waals surface area contributed by atoms with Gasteiger partial charge in [-0.3, -0.25) is 9.59 Å². The normalized spacial score (nSPS) is 12.1. The summed E-state index contributed by atoms with van der Waals surface area (Å²) < 4.78 is 9.53. The number of methoxy groups -OCH3 is 1. The van der Waals surface area contributed by atoms with Gasteiger partial charge in [0.1, 0.15) is 5.60 Å². The second-order valence-electron chi connectivity index (χ2n) is 7.95. The van der Waals surface area contributed by atoms with Crippen molar-refractivity contribution in [1.29, 1.82) is 0 Å². The van der Waals surface area contributed by atoms with Crippen molar-refractivity contribution >= 4 is 23.2 Å². The molecule has 0 bridgehead atoms. The summed E-state index contributed by atoms with van der Waals surface area (Å²) in [6, 6.07) is 14.4. The zero-order valence-electron chi connectivity index (χ0n) is 17.9. The van der Waals surface area contributed by atoms with E-state index in [-0.39, 0.29) is 17.5 Å². The third-order valence-electron chi connectivity index (χ3n) is 4.16. The lowest BCUT2D eigenvalue weighted by atomic mass is 9.92. The SMILES string of the molecule is CC(C)(C)OC=O.COC(=O)C(CCCN(C)C)c1ccc2ccccc2c1. The van der Waals surface area contributed by atoms with Crippen LogP contribution in [0.5, 0.6) is 0 Å². The summed E-state index contributed by atoms with van der Waals surface area (Å²) >= 11 is 0. The first-order valence-corrected chi connectivity index (χ1v) is 9.50. The van der Waals surface area contributed by atoms with Crippen LogP contribution in [-0.2, 0) is 19.1 Å². The predicted octanol–water partition coefficient (Wildman–Crippen LogP) is 4.40. The summed E-state index contributed by atoms with van der Waals surface area (Å²) in [5.74, 6) is -0.330. The number of benzene rings is 2. The molecule has 0 saturated heterocycles. The van der Waals surface area contributed by atoms with E-state index >= 15 is 0 Å². The molecule has 0 spiro atoms. The lowest BCUT2D eigenvalue weighted by molar-refractivity contribution is -0.142. The average molecular weight is 388 g/mol. The Kier molecular flexibility index (Phi) is 9.66. The minimum Gasteiger partial charge on any atom is -0.469 e. The van der Waals surface area contributed by atoms with E-state index in [1.807, 2.05) is 53.1 Å². The molecule has 0 fully saturated rings. The molecule has 2 aromatic carbocycles. The molecule has 2 rings (SSSR count). The van der Waals surface area contributed by atoms with Gasteiger partial charge in [0.15, 0.2) is 0 Å². The lowest BCUT2D eigenvalue weighted by Gasteiger charge is -2.17. The van der Waals surface area contributed by atoms with Gasteiger partial charge in [-0.25, -0.2) is 0 Å². The van der Waals surface area contributed by atoms with E-state index in [1.165, 1.54) is 12.5 Å². The smallest absolute Gasteiger partial charge is 0.313 e. The molecule has 0 N–H and O–H groups in total. The molecular formula is C23H33NO4. The van der Waals surface area contributed by atoms with Crippen LogP contribution in [0.1, 0.15) is 45.1 Å². The number of hydrogen-bond acceptors (Lipinski definition) is 5. The largest absolute Gasteiger partial charge is 0.469 e. The van der Waals surface area contributed by atoms with Crippen molar-refractivity contribution in [2.45, 2.75) is 45.1 Å². The summed E-state index contributed by atoms with van der Waals surface area (Å²) in [5.41, 5.74) is 0.723. The maximum atomic E-state index is 12.1. The topological polar surface area (TPSA) is 55.8 Å². The number of carbonyl (C=O) groups excluding carboxylic acids is 2. The van der Waals surface area contributed by atoms with Crippen molar-refractivity contribution in [3.8, 4) is 0 Å². The number of fused-ring (bicyclic) bond motifs is 1. The van der Waals surface area contributed by atoms with Crippen LogP contribution in [0.3, 0.4) is 0 Å². The van der Waals surface area contributed by atoms with Crippen LogP contribution in [0.2, 0.25) is 0 Å². The Hall–Kier alpha value is -2.40.